The van der Waals surface area contributed by atoms with Gasteiger partial charge in [0.1, 0.15) is 0 Å². The standard InChI is InChI=1S/C5H8F2O2/c6-4-2(8)1-3(9)5(4)7/h2-5,8-9H,1H2. The van der Waals surface area contributed by atoms with E-state index in [1.807, 2.05) is 0 Å². The molecule has 1 aliphatic rings. The lowest BCUT2D eigenvalue weighted by Gasteiger charge is -2.05. The van der Waals surface area contributed by atoms with E-state index in [0.717, 1.165) is 0 Å². The zero-order chi connectivity index (χ0) is 7.02. The summed E-state index contributed by atoms with van der Waals surface area (Å²) in [6.45, 7) is 0. The number of rotatable bonds is 0. The van der Waals surface area contributed by atoms with Crippen molar-refractivity contribution in [2.75, 3.05) is 0 Å². The van der Waals surface area contributed by atoms with Gasteiger partial charge in [0.05, 0.1) is 12.2 Å². The van der Waals surface area contributed by atoms with E-state index in [0.29, 0.717) is 0 Å². The molecule has 0 aromatic rings. The van der Waals surface area contributed by atoms with E-state index in [4.69, 9.17) is 10.2 Å². The van der Waals surface area contributed by atoms with Gasteiger partial charge in [-0.05, 0) is 0 Å². The fourth-order valence-electron chi connectivity index (χ4n) is 0.932. The molecule has 0 amide bonds. The Kier molecular flexibility index (Phi) is 1.68. The van der Waals surface area contributed by atoms with Gasteiger partial charge in [-0.15, -0.1) is 0 Å². The van der Waals surface area contributed by atoms with Gasteiger partial charge in [0.25, 0.3) is 0 Å². The third-order valence-electron chi connectivity index (χ3n) is 1.52. The van der Waals surface area contributed by atoms with Crippen LogP contribution in [0, 0.1) is 0 Å². The summed E-state index contributed by atoms with van der Waals surface area (Å²) in [6.07, 6.45) is -6.65. The molecule has 0 heterocycles. The largest absolute Gasteiger partial charge is 0.390 e. The van der Waals surface area contributed by atoms with Crippen molar-refractivity contribution in [2.24, 2.45) is 0 Å². The molecule has 54 valence electrons. The third-order valence-corrected chi connectivity index (χ3v) is 1.52. The van der Waals surface area contributed by atoms with Crippen LogP contribution >= 0.6 is 0 Å². The van der Waals surface area contributed by atoms with E-state index < -0.39 is 24.6 Å². The highest BCUT2D eigenvalue weighted by Gasteiger charge is 2.42. The number of hydrogen-bond donors (Lipinski definition) is 2. The predicted octanol–water partition coefficient (Wildman–Crippen LogP) is -0.212. The monoisotopic (exact) mass is 138 g/mol. The molecule has 4 atom stereocenters. The topological polar surface area (TPSA) is 40.5 Å². The fourth-order valence-corrected chi connectivity index (χ4v) is 0.932. The van der Waals surface area contributed by atoms with Crippen LogP contribution in [0.25, 0.3) is 0 Å². The molecule has 9 heavy (non-hydrogen) atoms. The zero-order valence-electron chi connectivity index (χ0n) is 4.67. The summed E-state index contributed by atoms with van der Waals surface area (Å²) in [6, 6.07) is 0. The molecule has 0 bridgehead atoms. The van der Waals surface area contributed by atoms with Crippen molar-refractivity contribution in [1.82, 2.24) is 0 Å². The SMILES string of the molecule is OC1CC(O)C(F)C1F. The molecule has 2 nitrogen and oxygen atoms in total. The van der Waals surface area contributed by atoms with Crippen LogP contribution in [0.15, 0.2) is 0 Å². The molecule has 0 saturated heterocycles. The first kappa shape index (κ1) is 6.89. The Balaban J connectivity index is 2.54. The van der Waals surface area contributed by atoms with Crippen LogP contribution in [-0.2, 0) is 0 Å². The average molecular weight is 138 g/mol. The summed E-state index contributed by atoms with van der Waals surface area (Å²) in [5.74, 6) is 0. The van der Waals surface area contributed by atoms with E-state index in [1.165, 1.54) is 0 Å². The van der Waals surface area contributed by atoms with Crippen molar-refractivity contribution in [2.45, 2.75) is 31.0 Å². The van der Waals surface area contributed by atoms with Crippen LogP contribution in [-0.4, -0.2) is 34.8 Å². The molecule has 1 fully saturated rings. The Hall–Kier alpha value is -0.220. The van der Waals surface area contributed by atoms with Crippen LogP contribution < -0.4 is 0 Å². The van der Waals surface area contributed by atoms with Crippen LogP contribution in [0.4, 0.5) is 8.78 Å². The minimum Gasteiger partial charge on any atom is -0.390 e. The van der Waals surface area contributed by atoms with Crippen molar-refractivity contribution < 1.29 is 19.0 Å². The lowest BCUT2D eigenvalue weighted by atomic mass is 10.3. The smallest absolute Gasteiger partial charge is 0.159 e. The minimum atomic E-state index is -1.90. The minimum absolute atomic E-state index is 0.192. The Morgan fingerprint density at radius 2 is 1.33 bits per heavy atom. The second-order valence-corrected chi connectivity index (χ2v) is 2.26. The summed E-state index contributed by atoms with van der Waals surface area (Å²) in [5.41, 5.74) is 0. The molecule has 0 aliphatic heterocycles. The summed E-state index contributed by atoms with van der Waals surface area (Å²) in [4.78, 5) is 0. The maximum Gasteiger partial charge on any atom is 0.159 e. The van der Waals surface area contributed by atoms with Gasteiger partial charge >= 0.3 is 0 Å². The maximum atomic E-state index is 12.2. The van der Waals surface area contributed by atoms with Gasteiger partial charge < -0.3 is 10.2 Å². The van der Waals surface area contributed by atoms with Crippen LogP contribution in [0.1, 0.15) is 6.42 Å². The van der Waals surface area contributed by atoms with Gasteiger partial charge in [0, 0.05) is 6.42 Å². The number of aliphatic hydroxyl groups is 2. The molecular formula is C5H8F2O2. The second kappa shape index (κ2) is 2.19. The molecule has 4 heteroatoms. The first-order chi connectivity index (χ1) is 4.13. The van der Waals surface area contributed by atoms with Gasteiger partial charge in [-0.3, -0.25) is 0 Å². The Morgan fingerprint density at radius 1 is 1.00 bits per heavy atom. The quantitative estimate of drug-likeness (QED) is 0.486. The lowest BCUT2D eigenvalue weighted by molar-refractivity contribution is 0.0555. The predicted molar refractivity (Wildman–Crippen MR) is 26.4 cm³/mol. The van der Waals surface area contributed by atoms with Crippen LogP contribution in [0.2, 0.25) is 0 Å². The highest BCUT2D eigenvalue weighted by molar-refractivity contribution is 4.91. The number of alkyl halides is 2. The normalized spacial score (nSPS) is 52.0. The van der Waals surface area contributed by atoms with Crippen molar-refractivity contribution in [3.8, 4) is 0 Å². The fraction of sp³-hybridized carbons (Fsp3) is 1.00. The third kappa shape index (κ3) is 1.04. The molecule has 0 aromatic carbocycles. The first-order valence-electron chi connectivity index (χ1n) is 2.77. The maximum absolute atomic E-state index is 12.2. The Labute approximate surface area is 51.1 Å². The zero-order valence-corrected chi connectivity index (χ0v) is 4.67. The number of aliphatic hydroxyl groups excluding tert-OH is 2. The second-order valence-electron chi connectivity index (χ2n) is 2.26. The molecule has 1 saturated carbocycles. The molecule has 4 unspecified atom stereocenters. The van der Waals surface area contributed by atoms with E-state index in [1.54, 1.807) is 0 Å². The van der Waals surface area contributed by atoms with E-state index in [2.05, 4.69) is 0 Å². The Bertz CT molecular complexity index is 97.1. The molecule has 1 aliphatic carbocycles. The van der Waals surface area contributed by atoms with Gasteiger partial charge in [-0.1, -0.05) is 0 Å². The van der Waals surface area contributed by atoms with Gasteiger partial charge in [-0.2, -0.15) is 0 Å². The van der Waals surface area contributed by atoms with Gasteiger partial charge in [0.15, 0.2) is 12.3 Å². The summed E-state index contributed by atoms with van der Waals surface area (Å²) >= 11 is 0. The van der Waals surface area contributed by atoms with E-state index >= 15 is 0 Å². The number of halogens is 2. The lowest BCUT2D eigenvalue weighted by Crippen LogP contribution is -2.24. The Morgan fingerprint density at radius 3 is 1.44 bits per heavy atom. The summed E-state index contributed by atoms with van der Waals surface area (Å²) in [7, 11) is 0. The highest BCUT2D eigenvalue weighted by Crippen LogP contribution is 2.25. The molecule has 0 aromatic heterocycles. The van der Waals surface area contributed by atoms with Crippen molar-refractivity contribution in [3.63, 3.8) is 0 Å². The highest BCUT2D eigenvalue weighted by atomic mass is 19.2. The van der Waals surface area contributed by atoms with E-state index in [-0.39, 0.29) is 6.42 Å². The summed E-state index contributed by atoms with van der Waals surface area (Å²) < 4.78 is 24.4. The van der Waals surface area contributed by atoms with Crippen molar-refractivity contribution in [3.05, 3.63) is 0 Å². The number of hydrogen-bond acceptors (Lipinski definition) is 2. The average Bonchev–Trinajstić information content (AvgIpc) is 1.98. The van der Waals surface area contributed by atoms with Gasteiger partial charge in [0.2, 0.25) is 0 Å². The molecule has 0 radical (unpaired) electrons. The first-order valence-corrected chi connectivity index (χ1v) is 2.77. The van der Waals surface area contributed by atoms with Crippen molar-refractivity contribution >= 4 is 0 Å². The van der Waals surface area contributed by atoms with Crippen LogP contribution in [0.3, 0.4) is 0 Å². The summed E-state index contributed by atoms with van der Waals surface area (Å²) in [5, 5.41) is 17.1. The van der Waals surface area contributed by atoms with Crippen molar-refractivity contribution in [1.29, 1.82) is 0 Å². The molecule has 2 N–H and O–H groups in total. The molecular weight excluding hydrogens is 130 g/mol. The van der Waals surface area contributed by atoms with E-state index in [9.17, 15) is 8.78 Å². The van der Waals surface area contributed by atoms with Crippen LogP contribution in [0.5, 0.6) is 0 Å². The molecule has 0 spiro atoms. The molecule has 1 rings (SSSR count). The van der Waals surface area contributed by atoms with Gasteiger partial charge in [-0.25, -0.2) is 8.78 Å².